The van der Waals surface area contributed by atoms with Crippen LogP contribution in [0.5, 0.6) is 0 Å². The lowest BCUT2D eigenvalue weighted by Crippen LogP contribution is -2.25. The zero-order chi connectivity index (χ0) is 12.3. The number of ether oxygens (including phenoxy) is 1. The molecule has 17 heavy (non-hydrogen) atoms. The molecular weight excluding hydrogens is 222 g/mol. The van der Waals surface area contributed by atoms with Gasteiger partial charge in [0, 0.05) is 39.1 Å². The molecular formula is C11H17N3O3. The lowest BCUT2D eigenvalue weighted by molar-refractivity contribution is -0.137. The van der Waals surface area contributed by atoms with Gasteiger partial charge in [0.05, 0.1) is 18.6 Å². The van der Waals surface area contributed by atoms with Gasteiger partial charge in [-0.25, -0.2) is 0 Å². The molecule has 0 unspecified atom stereocenters. The summed E-state index contributed by atoms with van der Waals surface area (Å²) in [4.78, 5) is 12.6. The summed E-state index contributed by atoms with van der Waals surface area (Å²) >= 11 is 0. The average Bonchev–Trinajstić information content (AvgIpc) is 2.94. The highest BCUT2D eigenvalue weighted by Crippen LogP contribution is 2.23. The summed E-state index contributed by atoms with van der Waals surface area (Å²) in [6.45, 7) is 2.11. The summed E-state index contributed by atoms with van der Waals surface area (Å²) in [6.07, 6.45) is 3.90. The summed E-state index contributed by atoms with van der Waals surface area (Å²) in [5.41, 5.74) is 0. The minimum atomic E-state index is -0.762. The summed E-state index contributed by atoms with van der Waals surface area (Å²) in [7, 11) is 1.68. The average molecular weight is 239 g/mol. The maximum Gasteiger partial charge on any atom is 0.304 e. The maximum atomic E-state index is 10.5. The molecule has 0 radical (unpaired) electrons. The van der Waals surface area contributed by atoms with E-state index in [9.17, 15) is 4.79 Å². The van der Waals surface area contributed by atoms with E-state index in [1.165, 1.54) is 0 Å². The third-order valence-electron chi connectivity index (χ3n) is 3.12. The number of likely N-dealkylation sites (tertiary alicyclic amines) is 1. The molecule has 1 aromatic rings. The fourth-order valence-corrected chi connectivity index (χ4v) is 2.23. The van der Waals surface area contributed by atoms with Gasteiger partial charge in [-0.2, -0.15) is 5.10 Å². The lowest BCUT2D eigenvalue weighted by atomic mass is 10.2. The van der Waals surface area contributed by atoms with Gasteiger partial charge in [0.25, 0.3) is 0 Å². The highest BCUT2D eigenvalue weighted by atomic mass is 16.5. The van der Waals surface area contributed by atoms with Gasteiger partial charge < -0.3 is 9.84 Å². The van der Waals surface area contributed by atoms with Crippen molar-refractivity contribution in [2.45, 2.75) is 18.6 Å². The molecule has 0 spiro atoms. The molecule has 1 aromatic heterocycles. The van der Waals surface area contributed by atoms with Crippen LogP contribution in [0.1, 0.15) is 12.5 Å². The molecule has 6 heteroatoms. The second kappa shape index (κ2) is 5.29. The van der Waals surface area contributed by atoms with E-state index < -0.39 is 5.97 Å². The number of carbonyl (C=O) groups is 1. The minimum Gasteiger partial charge on any atom is -0.481 e. The summed E-state index contributed by atoms with van der Waals surface area (Å²) in [5, 5.41) is 12.9. The number of aromatic nitrogens is 2. The first-order chi connectivity index (χ1) is 8.20. The number of aliphatic carboxylic acids is 1. The Balaban J connectivity index is 1.96. The molecule has 2 heterocycles. The third kappa shape index (κ3) is 2.83. The van der Waals surface area contributed by atoms with E-state index >= 15 is 0 Å². The molecule has 0 aromatic carbocycles. The zero-order valence-electron chi connectivity index (χ0n) is 9.82. The van der Waals surface area contributed by atoms with Crippen molar-refractivity contribution in [1.82, 2.24) is 14.7 Å². The van der Waals surface area contributed by atoms with Crippen LogP contribution in [0, 0.1) is 0 Å². The Morgan fingerprint density at radius 3 is 3.00 bits per heavy atom. The molecule has 94 valence electrons. The maximum absolute atomic E-state index is 10.5. The molecule has 1 aliphatic rings. The van der Waals surface area contributed by atoms with Crippen molar-refractivity contribution in [1.29, 1.82) is 0 Å². The molecule has 0 aliphatic carbocycles. The number of rotatable bonds is 5. The molecule has 1 saturated heterocycles. The van der Waals surface area contributed by atoms with Gasteiger partial charge in [-0.1, -0.05) is 0 Å². The fourth-order valence-electron chi connectivity index (χ4n) is 2.23. The van der Waals surface area contributed by atoms with E-state index in [0.717, 1.165) is 13.1 Å². The number of carboxylic acid groups (broad SMARTS) is 1. The van der Waals surface area contributed by atoms with Crippen LogP contribution in [-0.2, 0) is 9.53 Å². The van der Waals surface area contributed by atoms with Crippen molar-refractivity contribution in [3.63, 3.8) is 0 Å². The van der Waals surface area contributed by atoms with Gasteiger partial charge in [0.15, 0.2) is 0 Å². The highest BCUT2D eigenvalue weighted by molar-refractivity contribution is 5.66. The minimum absolute atomic E-state index is 0.0729. The van der Waals surface area contributed by atoms with E-state index in [1.807, 2.05) is 16.9 Å². The van der Waals surface area contributed by atoms with E-state index in [-0.39, 0.29) is 18.6 Å². The van der Waals surface area contributed by atoms with Crippen LogP contribution < -0.4 is 0 Å². The van der Waals surface area contributed by atoms with Crippen molar-refractivity contribution in [2.24, 2.45) is 0 Å². The van der Waals surface area contributed by atoms with E-state index in [2.05, 4.69) is 10.00 Å². The number of nitrogens with zero attached hydrogens (tertiary/aromatic N) is 3. The van der Waals surface area contributed by atoms with E-state index in [1.54, 1.807) is 13.3 Å². The van der Waals surface area contributed by atoms with Crippen molar-refractivity contribution in [2.75, 3.05) is 26.7 Å². The first-order valence-corrected chi connectivity index (χ1v) is 5.67. The summed E-state index contributed by atoms with van der Waals surface area (Å²) in [6, 6.07) is 2.05. The highest BCUT2D eigenvalue weighted by Gasteiger charge is 2.34. The Morgan fingerprint density at radius 2 is 2.41 bits per heavy atom. The van der Waals surface area contributed by atoms with E-state index in [4.69, 9.17) is 9.84 Å². The van der Waals surface area contributed by atoms with Crippen molar-refractivity contribution >= 4 is 5.97 Å². The normalized spacial score (nSPS) is 25.2. The molecule has 6 nitrogen and oxygen atoms in total. The molecule has 1 aliphatic heterocycles. The number of methoxy groups -OCH3 is 1. The lowest BCUT2D eigenvalue weighted by Gasteiger charge is -2.16. The molecule has 0 bridgehead atoms. The Morgan fingerprint density at radius 1 is 1.59 bits per heavy atom. The van der Waals surface area contributed by atoms with Crippen molar-refractivity contribution in [3.05, 3.63) is 18.5 Å². The predicted molar refractivity (Wildman–Crippen MR) is 60.8 cm³/mol. The third-order valence-corrected chi connectivity index (χ3v) is 3.12. The Bertz CT molecular complexity index is 366. The standard InChI is InChI=1S/C11H17N3O3/c1-17-10-8-13(6-3-11(15)16)7-9(10)14-5-2-4-12-14/h2,4-5,9-10H,3,6-8H2,1H3,(H,15,16)/t9-,10+/m1/s1. The Hall–Kier alpha value is -1.40. The van der Waals surface area contributed by atoms with Crippen LogP contribution in [0.3, 0.4) is 0 Å². The van der Waals surface area contributed by atoms with Gasteiger partial charge in [0.1, 0.15) is 0 Å². The predicted octanol–water partition coefficient (Wildman–Crippen LogP) is 0.229. The first-order valence-electron chi connectivity index (χ1n) is 5.67. The van der Waals surface area contributed by atoms with Crippen LogP contribution in [-0.4, -0.2) is 58.6 Å². The number of hydrogen-bond acceptors (Lipinski definition) is 4. The van der Waals surface area contributed by atoms with Crippen LogP contribution >= 0.6 is 0 Å². The smallest absolute Gasteiger partial charge is 0.304 e. The monoisotopic (exact) mass is 239 g/mol. The number of hydrogen-bond donors (Lipinski definition) is 1. The SMILES string of the molecule is CO[C@H]1CN(CCC(=O)O)C[C@H]1n1cccn1. The van der Waals surface area contributed by atoms with Gasteiger partial charge in [0.2, 0.25) is 0 Å². The second-order valence-corrected chi connectivity index (χ2v) is 4.23. The largest absolute Gasteiger partial charge is 0.481 e. The summed E-state index contributed by atoms with van der Waals surface area (Å²) < 4.78 is 7.32. The quantitative estimate of drug-likeness (QED) is 0.796. The van der Waals surface area contributed by atoms with Crippen molar-refractivity contribution < 1.29 is 14.6 Å². The van der Waals surface area contributed by atoms with Crippen LogP contribution in [0.25, 0.3) is 0 Å². The van der Waals surface area contributed by atoms with Gasteiger partial charge >= 0.3 is 5.97 Å². The fraction of sp³-hybridized carbons (Fsp3) is 0.636. The first kappa shape index (κ1) is 12.1. The molecule has 1 N–H and O–H groups in total. The molecule has 0 saturated carbocycles. The Kier molecular flexibility index (Phi) is 3.75. The van der Waals surface area contributed by atoms with E-state index in [0.29, 0.717) is 6.54 Å². The van der Waals surface area contributed by atoms with Crippen LogP contribution in [0.15, 0.2) is 18.5 Å². The topological polar surface area (TPSA) is 67.6 Å². The molecule has 2 rings (SSSR count). The zero-order valence-corrected chi connectivity index (χ0v) is 9.82. The van der Waals surface area contributed by atoms with Gasteiger partial charge in [-0.3, -0.25) is 14.4 Å². The van der Waals surface area contributed by atoms with Crippen LogP contribution in [0.2, 0.25) is 0 Å². The number of carboxylic acids is 1. The molecule has 1 fully saturated rings. The summed E-state index contributed by atoms with van der Waals surface area (Å²) in [5.74, 6) is -0.762. The van der Waals surface area contributed by atoms with Crippen molar-refractivity contribution in [3.8, 4) is 0 Å². The van der Waals surface area contributed by atoms with Gasteiger partial charge in [-0.15, -0.1) is 0 Å². The molecule has 0 amide bonds. The van der Waals surface area contributed by atoms with Crippen LogP contribution in [0.4, 0.5) is 0 Å². The molecule has 2 atom stereocenters. The van der Waals surface area contributed by atoms with Gasteiger partial charge in [-0.05, 0) is 6.07 Å². The Labute approximate surface area is 99.8 Å². The second-order valence-electron chi connectivity index (χ2n) is 4.23.